The molecule has 0 bridgehead atoms. The van der Waals surface area contributed by atoms with E-state index in [9.17, 15) is 0 Å². The van der Waals surface area contributed by atoms with Crippen LogP contribution in [0, 0.1) is 13.8 Å². The third-order valence-corrected chi connectivity index (χ3v) is 2.97. The molecule has 0 saturated heterocycles. The van der Waals surface area contributed by atoms with E-state index >= 15 is 0 Å². The number of hydrogen-bond acceptors (Lipinski definition) is 2. The summed E-state index contributed by atoms with van der Waals surface area (Å²) < 4.78 is 2.14. The van der Waals surface area contributed by atoms with Crippen molar-refractivity contribution in [3.8, 4) is 0 Å². The number of hydrogen-bond donors (Lipinski definition) is 0. The Morgan fingerprint density at radius 1 is 0.812 bits per heavy atom. The van der Waals surface area contributed by atoms with Gasteiger partial charge in [-0.2, -0.15) is 0 Å². The van der Waals surface area contributed by atoms with Crippen LogP contribution in [0.25, 0.3) is 22.1 Å². The summed E-state index contributed by atoms with van der Waals surface area (Å²) in [4.78, 5) is 9.16. The molecule has 0 aliphatic heterocycles. The summed E-state index contributed by atoms with van der Waals surface area (Å²) in [6, 6.07) is 8.28. The van der Waals surface area contributed by atoms with Gasteiger partial charge in [-0.05, 0) is 38.1 Å². The predicted octanol–water partition coefficient (Wildman–Crippen LogP) is 2.74. The van der Waals surface area contributed by atoms with Crippen molar-refractivity contribution in [1.29, 1.82) is 0 Å². The van der Waals surface area contributed by atoms with Crippen LogP contribution in [-0.2, 0) is 7.05 Å². The molecular formula is C13H13N3. The lowest BCUT2D eigenvalue weighted by molar-refractivity contribution is 1.01. The first-order chi connectivity index (χ1) is 7.66. The van der Waals surface area contributed by atoms with Gasteiger partial charge in [-0.3, -0.25) is 0 Å². The Balaban J connectivity index is 2.60. The van der Waals surface area contributed by atoms with Gasteiger partial charge < -0.3 is 4.57 Å². The Morgan fingerprint density at radius 2 is 1.25 bits per heavy atom. The first-order valence-electron chi connectivity index (χ1n) is 5.36. The lowest BCUT2D eigenvalue weighted by Gasteiger charge is -1.96. The molecular weight excluding hydrogens is 198 g/mol. The smallest absolute Gasteiger partial charge is 0.115 e. The van der Waals surface area contributed by atoms with Gasteiger partial charge in [0.1, 0.15) is 11.0 Å². The Labute approximate surface area is 93.7 Å². The van der Waals surface area contributed by atoms with E-state index < -0.39 is 0 Å². The highest BCUT2D eigenvalue weighted by Gasteiger charge is 2.10. The molecule has 0 N–H and O–H groups in total. The van der Waals surface area contributed by atoms with E-state index in [2.05, 4.69) is 33.7 Å². The molecule has 0 atom stereocenters. The van der Waals surface area contributed by atoms with Crippen molar-refractivity contribution in [2.24, 2.45) is 7.05 Å². The molecule has 0 spiro atoms. The third kappa shape index (κ3) is 1.14. The Hall–Kier alpha value is -1.90. The van der Waals surface area contributed by atoms with Crippen molar-refractivity contribution in [2.75, 3.05) is 0 Å². The highest BCUT2D eigenvalue weighted by molar-refractivity contribution is 6.03. The summed E-state index contributed by atoms with van der Waals surface area (Å²) in [6.45, 7) is 4.02. The fraction of sp³-hybridized carbons (Fsp3) is 0.231. The van der Waals surface area contributed by atoms with Crippen LogP contribution >= 0.6 is 0 Å². The van der Waals surface area contributed by atoms with E-state index in [4.69, 9.17) is 0 Å². The second kappa shape index (κ2) is 3.04. The molecule has 0 aliphatic rings. The summed E-state index contributed by atoms with van der Waals surface area (Å²) in [5, 5.41) is 0. The van der Waals surface area contributed by atoms with Crippen molar-refractivity contribution in [3.05, 3.63) is 35.7 Å². The molecule has 0 fully saturated rings. The third-order valence-electron chi connectivity index (χ3n) is 2.97. The fourth-order valence-electron chi connectivity index (χ4n) is 2.12. The van der Waals surface area contributed by atoms with Gasteiger partial charge in [0.15, 0.2) is 0 Å². The van der Waals surface area contributed by atoms with Crippen LogP contribution in [-0.4, -0.2) is 14.5 Å². The number of fused-ring (bicyclic) bond motifs is 3. The lowest BCUT2D eigenvalue weighted by atomic mass is 10.3. The van der Waals surface area contributed by atoms with Gasteiger partial charge in [0.05, 0.1) is 11.0 Å². The van der Waals surface area contributed by atoms with Crippen LogP contribution in [0.4, 0.5) is 0 Å². The molecule has 3 nitrogen and oxygen atoms in total. The second-order valence-corrected chi connectivity index (χ2v) is 4.20. The van der Waals surface area contributed by atoms with E-state index in [1.807, 2.05) is 26.0 Å². The van der Waals surface area contributed by atoms with Crippen LogP contribution in [0.5, 0.6) is 0 Å². The number of aromatic nitrogens is 3. The van der Waals surface area contributed by atoms with E-state index in [1.165, 1.54) is 0 Å². The Morgan fingerprint density at radius 3 is 1.69 bits per heavy atom. The van der Waals surface area contributed by atoms with Gasteiger partial charge in [-0.1, -0.05) is 0 Å². The predicted molar refractivity (Wildman–Crippen MR) is 65.5 cm³/mol. The molecule has 16 heavy (non-hydrogen) atoms. The zero-order valence-corrected chi connectivity index (χ0v) is 9.65. The first-order valence-corrected chi connectivity index (χ1v) is 5.36. The minimum Gasteiger partial charge on any atom is -0.341 e. The number of rotatable bonds is 0. The van der Waals surface area contributed by atoms with Gasteiger partial charge in [-0.25, -0.2) is 9.97 Å². The Bertz CT molecular complexity index is 636. The molecule has 3 rings (SSSR count). The SMILES string of the molecule is Cc1ccc2c(n1)c1nc(C)ccc1n2C. The molecule has 3 heterocycles. The van der Waals surface area contributed by atoms with Crippen LogP contribution in [0.3, 0.4) is 0 Å². The van der Waals surface area contributed by atoms with Gasteiger partial charge in [0.25, 0.3) is 0 Å². The molecule has 3 aromatic rings. The molecule has 0 aliphatic carbocycles. The summed E-state index contributed by atoms with van der Waals surface area (Å²) in [5.74, 6) is 0. The summed E-state index contributed by atoms with van der Waals surface area (Å²) in [6.07, 6.45) is 0. The van der Waals surface area contributed by atoms with Crippen molar-refractivity contribution >= 4 is 22.1 Å². The second-order valence-electron chi connectivity index (χ2n) is 4.20. The van der Waals surface area contributed by atoms with Crippen LogP contribution in [0.2, 0.25) is 0 Å². The molecule has 0 amide bonds. The molecule has 0 aromatic carbocycles. The fourth-order valence-corrected chi connectivity index (χ4v) is 2.12. The van der Waals surface area contributed by atoms with E-state index in [0.717, 1.165) is 33.5 Å². The first kappa shape index (κ1) is 9.33. The van der Waals surface area contributed by atoms with Crippen molar-refractivity contribution in [1.82, 2.24) is 14.5 Å². The van der Waals surface area contributed by atoms with Crippen LogP contribution in [0.15, 0.2) is 24.3 Å². The standard InChI is InChI=1S/C13H13N3/c1-8-4-6-10-12(14-8)13-11(16(10)3)7-5-9(2)15-13/h4-7H,1-3H3. The van der Waals surface area contributed by atoms with E-state index in [-0.39, 0.29) is 0 Å². The van der Waals surface area contributed by atoms with Crippen LogP contribution < -0.4 is 0 Å². The molecule has 80 valence electrons. The quantitative estimate of drug-likeness (QED) is 0.572. The van der Waals surface area contributed by atoms with Crippen LogP contribution in [0.1, 0.15) is 11.4 Å². The van der Waals surface area contributed by atoms with Gasteiger partial charge in [0, 0.05) is 18.4 Å². The minimum atomic E-state index is 1.00. The van der Waals surface area contributed by atoms with Crippen molar-refractivity contribution in [2.45, 2.75) is 13.8 Å². The maximum atomic E-state index is 4.58. The minimum absolute atomic E-state index is 1.00. The number of pyridine rings is 2. The average molecular weight is 211 g/mol. The molecule has 0 unspecified atom stereocenters. The number of aryl methyl sites for hydroxylation is 3. The lowest BCUT2D eigenvalue weighted by Crippen LogP contribution is -1.87. The summed E-state index contributed by atoms with van der Waals surface area (Å²) in [5.41, 5.74) is 6.34. The highest BCUT2D eigenvalue weighted by atomic mass is 15.0. The number of nitrogens with zero attached hydrogens (tertiary/aromatic N) is 3. The van der Waals surface area contributed by atoms with Gasteiger partial charge in [0.2, 0.25) is 0 Å². The van der Waals surface area contributed by atoms with Crippen molar-refractivity contribution in [3.63, 3.8) is 0 Å². The molecule has 0 saturated carbocycles. The molecule has 3 aromatic heterocycles. The van der Waals surface area contributed by atoms with E-state index in [0.29, 0.717) is 0 Å². The zero-order valence-electron chi connectivity index (χ0n) is 9.65. The zero-order chi connectivity index (χ0) is 11.3. The topological polar surface area (TPSA) is 30.7 Å². The summed E-state index contributed by atoms with van der Waals surface area (Å²) >= 11 is 0. The molecule has 0 radical (unpaired) electrons. The van der Waals surface area contributed by atoms with E-state index in [1.54, 1.807) is 0 Å². The largest absolute Gasteiger partial charge is 0.341 e. The average Bonchev–Trinajstić information content (AvgIpc) is 2.52. The molecule has 3 heteroatoms. The van der Waals surface area contributed by atoms with Crippen molar-refractivity contribution < 1.29 is 0 Å². The monoisotopic (exact) mass is 211 g/mol. The normalized spacial score (nSPS) is 11.4. The Kier molecular flexibility index (Phi) is 1.78. The highest BCUT2D eigenvalue weighted by Crippen LogP contribution is 2.25. The maximum absolute atomic E-state index is 4.58. The van der Waals surface area contributed by atoms with Gasteiger partial charge in [-0.15, -0.1) is 0 Å². The maximum Gasteiger partial charge on any atom is 0.115 e. The summed E-state index contributed by atoms with van der Waals surface area (Å²) in [7, 11) is 2.05. The van der Waals surface area contributed by atoms with Gasteiger partial charge >= 0.3 is 0 Å².